The van der Waals surface area contributed by atoms with E-state index in [1.807, 2.05) is 30.3 Å². The van der Waals surface area contributed by atoms with Gasteiger partial charge in [0, 0.05) is 17.5 Å². The van der Waals surface area contributed by atoms with Gasteiger partial charge in [-0.05, 0) is 25.0 Å². The molecule has 2 aromatic heterocycles. The summed E-state index contributed by atoms with van der Waals surface area (Å²) in [7, 11) is 0. The first-order chi connectivity index (χ1) is 11.3. The summed E-state index contributed by atoms with van der Waals surface area (Å²) >= 11 is 0. The topological polar surface area (TPSA) is 63.6 Å². The van der Waals surface area contributed by atoms with Crippen LogP contribution in [-0.2, 0) is 6.42 Å². The Morgan fingerprint density at radius 2 is 1.91 bits per heavy atom. The maximum Gasteiger partial charge on any atom is 0.185 e. The highest BCUT2D eigenvalue weighted by Crippen LogP contribution is 2.45. The Kier molecular flexibility index (Phi) is 3.39. The van der Waals surface area contributed by atoms with E-state index in [4.69, 9.17) is 8.83 Å². The van der Waals surface area contributed by atoms with Gasteiger partial charge in [-0.2, -0.15) is 0 Å². The first-order valence-electron chi connectivity index (χ1n) is 7.72. The van der Waals surface area contributed by atoms with Gasteiger partial charge < -0.3 is 13.9 Å². The molecule has 0 amide bonds. The Morgan fingerprint density at radius 3 is 2.65 bits per heavy atom. The van der Waals surface area contributed by atoms with E-state index in [1.165, 1.54) is 0 Å². The number of aliphatic hydroxyl groups is 1. The number of carbonyl (C=O) groups is 1. The molecular formula is C19H16O4. The Labute approximate surface area is 133 Å². The van der Waals surface area contributed by atoms with Crippen molar-refractivity contribution in [2.45, 2.75) is 25.4 Å². The van der Waals surface area contributed by atoms with Gasteiger partial charge in [-0.3, -0.25) is 4.79 Å². The zero-order valence-corrected chi connectivity index (χ0v) is 12.5. The van der Waals surface area contributed by atoms with Crippen LogP contribution in [0.1, 0.15) is 40.8 Å². The van der Waals surface area contributed by atoms with Crippen LogP contribution in [-0.4, -0.2) is 11.4 Å². The number of furan rings is 2. The van der Waals surface area contributed by atoms with Crippen molar-refractivity contribution in [2.75, 3.05) is 0 Å². The number of benzene rings is 1. The fourth-order valence-electron chi connectivity index (χ4n) is 3.22. The Morgan fingerprint density at radius 1 is 1.09 bits per heavy atom. The average Bonchev–Trinajstić information content (AvgIpc) is 3.20. The van der Waals surface area contributed by atoms with Gasteiger partial charge in [-0.25, -0.2) is 0 Å². The Balaban J connectivity index is 1.97. The Hall–Kier alpha value is -2.59. The summed E-state index contributed by atoms with van der Waals surface area (Å²) in [4.78, 5) is 10.9. The molecule has 1 atom stereocenters. The number of aryl methyl sites for hydroxylation is 1. The van der Waals surface area contributed by atoms with Crippen LogP contribution in [0.15, 0.2) is 51.3 Å². The molecule has 3 aromatic rings. The molecule has 4 heteroatoms. The van der Waals surface area contributed by atoms with Crippen LogP contribution in [0, 0.1) is 0 Å². The zero-order chi connectivity index (χ0) is 15.8. The molecule has 0 bridgehead atoms. The van der Waals surface area contributed by atoms with E-state index in [9.17, 15) is 9.90 Å². The van der Waals surface area contributed by atoms with Crippen molar-refractivity contribution in [3.8, 4) is 22.6 Å². The molecule has 0 fully saturated rings. The molecular weight excluding hydrogens is 292 g/mol. The van der Waals surface area contributed by atoms with Crippen LogP contribution in [0.2, 0.25) is 0 Å². The molecule has 0 spiro atoms. The normalized spacial score (nSPS) is 17.0. The minimum absolute atomic E-state index is 0.263. The number of hydrogen-bond acceptors (Lipinski definition) is 4. The summed E-state index contributed by atoms with van der Waals surface area (Å²) in [6, 6.07) is 13.1. The molecule has 0 saturated heterocycles. The van der Waals surface area contributed by atoms with Gasteiger partial charge in [0.2, 0.25) is 0 Å². The third-order valence-corrected chi connectivity index (χ3v) is 4.26. The summed E-state index contributed by atoms with van der Waals surface area (Å²) < 4.78 is 11.7. The van der Waals surface area contributed by atoms with Crippen molar-refractivity contribution >= 4 is 6.29 Å². The van der Waals surface area contributed by atoms with Crippen LogP contribution in [0.5, 0.6) is 0 Å². The predicted molar refractivity (Wildman–Crippen MR) is 85.1 cm³/mol. The van der Waals surface area contributed by atoms with Gasteiger partial charge in [0.15, 0.2) is 12.0 Å². The quantitative estimate of drug-likeness (QED) is 0.729. The second-order valence-electron chi connectivity index (χ2n) is 5.74. The summed E-state index contributed by atoms with van der Waals surface area (Å²) in [6.45, 7) is 0. The lowest BCUT2D eigenvalue weighted by Gasteiger charge is -2.17. The Bertz CT molecular complexity index is 842. The van der Waals surface area contributed by atoms with Gasteiger partial charge in [0.1, 0.15) is 17.3 Å². The monoisotopic (exact) mass is 308 g/mol. The second-order valence-corrected chi connectivity index (χ2v) is 5.74. The molecule has 0 radical (unpaired) electrons. The molecule has 1 aromatic carbocycles. The number of carbonyl (C=O) groups excluding carboxylic acids is 1. The lowest BCUT2D eigenvalue weighted by molar-refractivity contribution is 0.110. The van der Waals surface area contributed by atoms with Crippen LogP contribution in [0.25, 0.3) is 22.6 Å². The van der Waals surface area contributed by atoms with Crippen molar-refractivity contribution < 1.29 is 18.7 Å². The molecule has 1 aliphatic carbocycles. The molecule has 23 heavy (non-hydrogen) atoms. The number of rotatable bonds is 3. The standard InChI is InChI=1S/C19H16O4/c20-11-13-9-10-16(22-13)18-17-14(21)7-4-8-15(17)23-19(18)12-5-2-1-3-6-12/h1-3,5-6,9-11,14,21H,4,7-8H2. The van der Waals surface area contributed by atoms with Gasteiger partial charge in [0.05, 0.1) is 11.7 Å². The molecule has 0 saturated carbocycles. The fraction of sp³-hybridized carbons (Fsp3) is 0.211. The van der Waals surface area contributed by atoms with Crippen molar-refractivity contribution in [3.63, 3.8) is 0 Å². The van der Waals surface area contributed by atoms with E-state index >= 15 is 0 Å². The van der Waals surface area contributed by atoms with Gasteiger partial charge in [0.25, 0.3) is 0 Å². The van der Waals surface area contributed by atoms with Gasteiger partial charge >= 0.3 is 0 Å². The van der Waals surface area contributed by atoms with Gasteiger partial charge in [-0.1, -0.05) is 30.3 Å². The first kappa shape index (κ1) is 14.0. The van der Waals surface area contributed by atoms with E-state index in [0.29, 0.717) is 24.2 Å². The molecule has 4 nitrogen and oxygen atoms in total. The van der Waals surface area contributed by atoms with Crippen LogP contribution in [0.4, 0.5) is 0 Å². The number of aldehydes is 1. The number of fused-ring (bicyclic) bond motifs is 1. The summed E-state index contributed by atoms with van der Waals surface area (Å²) in [5.74, 6) is 2.31. The van der Waals surface area contributed by atoms with Crippen molar-refractivity contribution in [3.05, 3.63) is 59.5 Å². The molecule has 2 heterocycles. The third-order valence-electron chi connectivity index (χ3n) is 4.26. The minimum atomic E-state index is -0.570. The summed E-state index contributed by atoms with van der Waals surface area (Å²) in [5, 5.41) is 10.5. The molecule has 0 aliphatic heterocycles. The van der Waals surface area contributed by atoms with E-state index in [2.05, 4.69) is 0 Å². The maximum atomic E-state index is 10.9. The predicted octanol–water partition coefficient (Wildman–Crippen LogP) is 4.39. The summed E-state index contributed by atoms with van der Waals surface area (Å²) in [6.07, 6.45) is 2.50. The second kappa shape index (κ2) is 5.56. The number of aliphatic hydroxyl groups excluding tert-OH is 1. The first-order valence-corrected chi connectivity index (χ1v) is 7.72. The smallest absolute Gasteiger partial charge is 0.185 e. The minimum Gasteiger partial charge on any atom is -0.460 e. The molecule has 1 aliphatic rings. The van der Waals surface area contributed by atoms with Crippen molar-refractivity contribution in [1.82, 2.24) is 0 Å². The zero-order valence-electron chi connectivity index (χ0n) is 12.5. The molecule has 1 unspecified atom stereocenters. The highest BCUT2D eigenvalue weighted by Gasteiger charge is 2.31. The SMILES string of the molecule is O=Cc1ccc(-c2c(-c3ccccc3)oc3c2C(O)CCC3)o1. The largest absolute Gasteiger partial charge is 0.460 e. The molecule has 116 valence electrons. The lowest BCUT2D eigenvalue weighted by Crippen LogP contribution is -2.07. The highest BCUT2D eigenvalue weighted by atomic mass is 16.4. The number of hydrogen-bond donors (Lipinski definition) is 1. The fourth-order valence-corrected chi connectivity index (χ4v) is 3.22. The van der Waals surface area contributed by atoms with Crippen molar-refractivity contribution in [2.24, 2.45) is 0 Å². The van der Waals surface area contributed by atoms with E-state index in [-0.39, 0.29) is 5.76 Å². The molecule has 1 N–H and O–H groups in total. The van der Waals surface area contributed by atoms with Crippen LogP contribution in [0.3, 0.4) is 0 Å². The summed E-state index contributed by atoms with van der Waals surface area (Å²) in [5.41, 5.74) is 2.47. The van der Waals surface area contributed by atoms with E-state index in [1.54, 1.807) is 12.1 Å². The highest BCUT2D eigenvalue weighted by molar-refractivity contribution is 5.83. The van der Waals surface area contributed by atoms with Gasteiger partial charge in [-0.15, -0.1) is 0 Å². The van der Waals surface area contributed by atoms with Crippen LogP contribution >= 0.6 is 0 Å². The van der Waals surface area contributed by atoms with Crippen molar-refractivity contribution in [1.29, 1.82) is 0 Å². The van der Waals surface area contributed by atoms with E-state index < -0.39 is 6.10 Å². The maximum absolute atomic E-state index is 10.9. The molecule has 4 rings (SSSR count). The average molecular weight is 308 g/mol. The lowest BCUT2D eigenvalue weighted by atomic mass is 9.90. The third kappa shape index (κ3) is 2.32. The van der Waals surface area contributed by atoms with Crippen LogP contribution < -0.4 is 0 Å². The van der Waals surface area contributed by atoms with E-state index in [0.717, 1.165) is 35.3 Å².